The summed E-state index contributed by atoms with van der Waals surface area (Å²) in [7, 11) is 0. The van der Waals surface area contributed by atoms with Crippen LogP contribution in [0.4, 0.5) is 0 Å². The van der Waals surface area contributed by atoms with Crippen LogP contribution in [-0.2, 0) is 9.47 Å². The van der Waals surface area contributed by atoms with Crippen molar-refractivity contribution in [2.24, 2.45) is 9.98 Å². The molecule has 2 aliphatic rings. The van der Waals surface area contributed by atoms with E-state index in [1.807, 2.05) is 0 Å². The van der Waals surface area contributed by atoms with Crippen LogP contribution in [-0.4, -0.2) is 38.1 Å². The van der Waals surface area contributed by atoms with Crippen LogP contribution in [0, 0.1) is 27.7 Å². The summed E-state index contributed by atoms with van der Waals surface area (Å²) in [6.07, 6.45) is 0. The second-order valence-corrected chi connectivity index (χ2v) is 6.93. The van der Waals surface area contributed by atoms with Crippen LogP contribution in [0.3, 0.4) is 0 Å². The lowest BCUT2D eigenvalue weighted by Gasteiger charge is -2.19. The lowest BCUT2D eigenvalue weighted by molar-refractivity contribution is 0.348. The molecule has 134 valence electrons. The predicted molar refractivity (Wildman–Crippen MR) is 106 cm³/mol. The molecule has 0 aromatic heterocycles. The van der Waals surface area contributed by atoms with E-state index >= 15 is 0 Å². The molecule has 0 N–H and O–H groups in total. The minimum atomic E-state index is 0.651. The van der Waals surface area contributed by atoms with Crippen LogP contribution in [0.5, 0.6) is 0 Å². The summed E-state index contributed by atoms with van der Waals surface area (Å²) >= 11 is 0. The van der Waals surface area contributed by atoms with Gasteiger partial charge in [-0.3, -0.25) is 0 Å². The average molecular weight is 348 g/mol. The van der Waals surface area contributed by atoms with E-state index < -0.39 is 0 Å². The first-order valence-electron chi connectivity index (χ1n) is 9.14. The molecule has 0 bridgehead atoms. The fourth-order valence-electron chi connectivity index (χ4n) is 3.60. The van der Waals surface area contributed by atoms with Gasteiger partial charge >= 0.3 is 0 Å². The summed E-state index contributed by atoms with van der Waals surface area (Å²) < 4.78 is 11.7. The van der Waals surface area contributed by atoms with Gasteiger partial charge in [0.05, 0.1) is 13.1 Å². The summed E-state index contributed by atoms with van der Waals surface area (Å²) in [5, 5.41) is 0. The van der Waals surface area contributed by atoms with Crippen LogP contribution in [0.1, 0.15) is 33.4 Å². The zero-order valence-corrected chi connectivity index (χ0v) is 15.8. The van der Waals surface area contributed by atoms with E-state index in [1.165, 1.54) is 22.3 Å². The second kappa shape index (κ2) is 6.60. The molecule has 0 saturated carbocycles. The molecular formula is C22H24N2O2. The minimum absolute atomic E-state index is 0.651. The third kappa shape index (κ3) is 2.70. The third-order valence-electron chi connectivity index (χ3n) is 5.36. The highest BCUT2D eigenvalue weighted by Gasteiger charge is 2.25. The Labute approximate surface area is 154 Å². The van der Waals surface area contributed by atoms with Gasteiger partial charge < -0.3 is 9.47 Å². The maximum atomic E-state index is 5.84. The van der Waals surface area contributed by atoms with Crippen molar-refractivity contribution in [2.45, 2.75) is 27.7 Å². The van der Waals surface area contributed by atoms with Crippen LogP contribution in [0.15, 0.2) is 34.3 Å². The van der Waals surface area contributed by atoms with Crippen molar-refractivity contribution in [1.29, 1.82) is 0 Å². The Bertz CT molecular complexity index is 864. The van der Waals surface area contributed by atoms with Crippen molar-refractivity contribution in [3.05, 3.63) is 57.6 Å². The highest BCUT2D eigenvalue weighted by molar-refractivity contribution is 6.08. The van der Waals surface area contributed by atoms with Gasteiger partial charge in [0.25, 0.3) is 0 Å². The van der Waals surface area contributed by atoms with Gasteiger partial charge in [-0.1, -0.05) is 24.3 Å². The Balaban J connectivity index is 2.00. The first-order chi connectivity index (χ1) is 12.6. The van der Waals surface area contributed by atoms with Crippen molar-refractivity contribution in [2.75, 3.05) is 26.3 Å². The van der Waals surface area contributed by atoms with Gasteiger partial charge in [0.15, 0.2) is 0 Å². The van der Waals surface area contributed by atoms with Crippen LogP contribution in [0.2, 0.25) is 0 Å². The lowest BCUT2D eigenvalue weighted by Crippen LogP contribution is -2.11. The molecule has 0 aliphatic carbocycles. The third-order valence-corrected chi connectivity index (χ3v) is 5.36. The number of nitrogens with zero attached hydrogens (tertiary/aromatic N) is 2. The van der Waals surface area contributed by atoms with Gasteiger partial charge in [0.2, 0.25) is 11.8 Å². The Morgan fingerprint density at radius 3 is 1.42 bits per heavy atom. The highest BCUT2D eigenvalue weighted by atomic mass is 16.5. The standard InChI is InChI=1S/C22H24N2O2/c1-13-5-7-17(19(15(13)3)21-23-9-11-25-21)18-8-6-14(2)16(4)20(18)22-24-10-12-26-22/h5-8H,9-12H2,1-4H3. The zero-order valence-electron chi connectivity index (χ0n) is 15.8. The summed E-state index contributed by atoms with van der Waals surface area (Å²) in [6.45, 7) is 11.3. The Morgan fingerprint density at radius 1 is 0.654 bits per heavy atom. The van der Waals surface area contributed by atoms with Gasteiger partial charge in [-0.25, -0.2) is 9.98 Å². The van der Waals surface area contributed by atoms with E-state index in [0.29, 0.717) is 13.2 Å². The number of rotatable bonds is 3. The molecule has 4 nitrogen and oxygen atoms in total. The quantitative estimate of drug-likeness (QED) is 0.837. The monoisotopic (exact) mass is 348 g/mol. The highest BCUT2D eigenvalue weighted by Crippen LogP contribution is 2.35. The molecular weight excluding hydrogens is 324 g/mol. The summed E-state index contributed by atoms with van der Waals surface area (Å²) in [4.78, 5) is 9.19. The molecule has 4 rings (SSSR count). The van der Waals surface area contributed by atoms with Crippen molar-refractivity contribution in [3.8, 4) is 11.1 Å². The topological polar surface area (TPSA) is 43.2 Å². The van der Waals surface area contributed by atoms with Crippen molar-refractivity contribution in [3.63, 3.8) is 0 Å². The lowest BCUT2D eigenvalue weighted by atomic mass is 9.87. The first kappa shape index (κ1) is 16.8. The molecule has 2 aromatic rings. The molecule has 4 heteroatoms. The molecule has 0 radical (unpaired) electrons. The second-order valence-electron chi connectivity index (χ2n) is 6.93. The molecule has 0 fully saturated rings. The number of aryl methyl sites for hydroxylation is 2. The minimum Gasteiger partial charge on any atom is -0.475 e. The molecule has 2 aromatic carbocycles. The van der Waals surface area contributed by atoms with E-state index in [-0.39, 0.29) is 0 Å². The van der Waals surface area contributed by atoms with Gasteiger partial charge in [-0.05, 0) is 61.1 Å². The van der Waals surface area contributed by atoms with Crippen molar-refractivity contribution >= 4 is 11.8 Å². The maximum absolute atomic E-state index is 5.84. The molecule has 0 saturated heterocycles. The van der Waals surface area contributed by atoms with E-state index in [2.05, 4.69) is 61.9 Å². The summed E-state index contributed by atoms with van der Waals surface area (Å²) in [5.41, 5.74) is 9.33. The molecule has 0 spiro atoms. The predicted octanol–water partition coefficient (Wildman–Crippen LogP) is 4.14. The van der Waals surface area contributed by atoms with Gasteiger partial charge in [-0.2, -0.15) is 0 Å². The normalized spacial score (nSPS) is 16.2. The fourth-order valence-corrected chi connectivity index (χ4v) is 3.60. The van der Waals surface area contributed by atoms with Gasteiger partial charge in [-0.15, -0.1) is 0 Å². The number of hydrogen-bond acceptors (Lipinski definition) is 4. The Kier molecular flexibility index (Phi) is 4.27. The number of aliphatic imine (C=N–C) groups is 2. The molecule has 0 amide bonds. The first-order valence-corrected chi connectivity index (χ1v) is 9.14. The molecule has 26 heavy (non-hydrogen) atoms. The van der Waals surface area contributed by atoms with E-state index in [1.54, 1.807) is 0 Å². The molecule has 0 unspecified atom stereocenters. The number of hydrogen-bond donors (Lipinski definition) is 0. The average Bonchev–Trinajstić information content (AvgIpc) is 3.33. The van der Waals surface area contributed by atoms with Crippen LogP contribution >= 0.6 is 0 Å². The van der Waals surface area contributed by atoms with Crippen LogP contribution < -0.4 is 0 Å². The van der Waals surface area contributed by atoms with Gasteiger partial charge in [0.1, 0.15) is 13.2 Å². The number of benzene rings is 2. The largest absolute Gasteiger partial charge is 0.475 e. The Morgan fingerprint density at radius 2 is 1.08 bits per heavy atom. The smallest absolute Gasteiger partial charge is 0.217 e. The van der Waals surface area contributed by atoms with Crippen LogP contribution in [0.25, 0.3) is 11.1 Å². The molecule has 2 heterocycles. The summed E-state index contributed by atoms with van der Waals surface area (Å²) in [5.74, 6) is 1.50. The zero-order chi connectivity index (χ0) is 18.3. The van der Waals surface area contributed by atoms with Gasteiger partial charge in [0, 0.05) is 11.1 Å². The summed E-state index contributed by atoms with van der Waals surface area (Å²) in [6, 6.07) is 8.68. The molecule has 2 aliphatic heterocycles. The molecule has 0 atom stereocenters. The Hall–Kier alpha value is -2.62. The van der Waals surface area contributed by atoms with E-state index in [0.717, 1.165) is 47.1 Å². The maximum Gasteiger partial charge on any atom is 0.217 e. The van der Waals surface area contributed by atoms with Crippen molar-refractivity contribution < 1.29 is 9.47 Å². The van der Waals surface area contributed by atoms with E-state index in [9.17, 15) is 0 Å². The van der Waals surface area contributed by atoms with Crippen molar-refractivity contribution in [1.82, 2.24) is 0 Å². The SMILES string of the molecule is Cc1ccc(-c2ccc(C)c(C)c2C2=NCCO2)c(C2=NCCO2)c1C. The van der Waals surface area contributed by atoms with E-state index in [4.69, 9.17) is 9.47 Å². The fraction of sp³-hybridized carbons (Fsp3) is 0.364. The number of ether oxygens (including phenoxy) is 2.